The van der Waals surface area contributed by atoms with Gasteiger partial charge in [-0.3, -0.25) is 39.2 Å². The number of ether oxygens (including phenoxy) is 1. The maximum absolute atomic E-state index is 13.7. The molecule has 18 nitrogen and oxygen atoms in total. The van der Waals surface area contributed by atoms with E-state index >= 15 is 0 Å². The molecule has 0 radical (unpaired) electrons. The van der Waals surface area contributed by atoms with Gasteiger partial charge in [0, 0.05) is 25.6 Å². The molecular formula is C40H61N5O13. The second-order valence-corrected chi connectivity index (χ2v) is 14.5. The molecule has 324 valence electrons. The summed E-state index contributed by atoms with van der Waals surface area (Å²) in [5, 5.41) is 58.1. The molecule has 1 fully saturated rings. The van der Waals surface area contributed by atoms with Gasteiger partial charge in [-0.15, -0.1) is 0 Å². The van der Waals surface area contributed by atoms with E-state index in [0.29, 0.717) is 42.2 Å². The van der Waals surface area contributed by atoms with Gasteiger partial charge in [0.2, 0.25) is 11.8 Å². The van der Waals surface area contributed by atoms with Crippen LogP contribution in [0, 0.1) is 5.92 Å². The molecule has 0 saturated carbocycles. The third-order valence-electron chi connectivity index (χ3n) is 9.81. The number of nitrogens with zero attached hydrogens (tertiary/aromatic N) is 2. The van der Waals surface area contributed by atoms with Crippen molar-refractivity contribution in [2.45, 2.75) is 141 Å². The number of hydrogen-bond acceptors (Lipinski definition) is 12. The molecule has 8 N–H and O–H groups in total. The molecule has 1 aliphatic heterocycles. The summed E-state index contributed by atoms with van der Waals surface area (Å²) in [6.07, 6.45) is 7.06. The highest BCUT2D eigenvalue weighted by molar-refractivity contribution is 6.00. The third-order valence-corrected chi connectivity index (χ3v) is 9.81. The first-order valence-corrected chi connectivity index (χ1v) is 20.0. The fourth-order valence-electron chi connectivity index (χ4n) is 6.26. The number of allylic oxidation sites excluding steroid dienone is 1. The van der Waals surface area contributed by atoms with Crippen LogP contribution >= 0.6 is 0 Å². The number of nitrogens with one attached hydrogen (secondary N) is 3. The van der Waals surface area contributed by atoms with Gasteiger partial charge in [-0.25, -0.2) is 14.9 Å². The molecule has 1 saturated heterocycles. The van der Waals surface area contributed by atoms with E-state index in [0.717, 1.165) is 25.7 Å². The molecule has 1 aliphatic rings. The number of phenolic OH excluding ortho intramolecular Hbond substituents is 1. The van der Waals surface area contributed by atoms with Crippen LogP contribution < -0.4 is 16.0 Å². The Balaban J connectivity index is 2.09. The lowest BCUT2D eigenvalue weighted by molar-refractivity contribution is -0.167. The number of aliphatic hydroxyl groups excluding tert-OH is 1. The number of benzene rings is 1. The number of hydroxylamine groups is 4. The summed E-state index contributed by atoms with van der Waals surface area (Å²) >= 11 is 0. The zero-order valence-corrected chi connectivity index (χ0v) is 33.6. The number of amides is 5. The summed E-state index contributed by atoms with van der Waals surface area (Å²) in [4.78, 5) is 88.9. The number of hydrogen-bond donors (Lipinski definition) is 8. The summed E-state index contributed by atoms with van der Waals surface area (Å²) in [5.74, 6) is -6.79. The van der Waals surface area contributed by atoms with Gasteiger partial charge in [-0.05, 0) is 83.3 Å². The van der Waals surface area contributed by atoms with E-state index in [4.69, 9.17) is 9.84 Å². The minimum absolute atomic E-state index is 0.0746. The number of carbonyl (C=O) groups is 7. The number of aliphatic carboxylic acids is 1. The second kappa shape index (κ2) is 26.0. The first-order valence-electron chi connectivity index (χ1n) is 20.0. The largest absolute Gasteiger partial charge is 0.507 e. The Hall–Kier alpha value is -5.07. The van der Waals surface area contributed by atoms with Crippen molar-refractivity contribution in [1.29, 1.82) is 0 Å². The van der Waals surface area contributed by atoms with Crippen molar-refractivity contribution >= 4 is 41.5 Å². The van der Waals surface area contributed by atoms with Crippen LogP contribution in [0.5, 0.6) is 5.75 Å². The second-order valence-electron chi connectivity index (χ2n) is 14.5. The fraction of sp³-hybridized carbons (Fsp3) is 0.625. The van der Waals surface area contributed by atoms with E-state index in [1.807, 2.05) is 0 Å². The lowest BCUT2D eigenvalue weighted by Crippen LogP contribution is -2.56. The van der Waals surface area contributed by atoms with Gasteiger partial charge in [-0.2, -0.15) is 0 Å². The topological polar surface area (TPSA) is 272 Å². The number of carboxylic acid groups (broad SMARTS) is 1. The summed E-state index contributed by atoms with van der Waals surface area (Å²) < 4.78 is 5.74. The zero-order valence-electron chi connectivity index (χ0n) is 33.6. The maximum Gasteiger partial charge on any atom is 0.328 e. The molecule has 1 heterocycles. The molecule has 0 aromatic heterocycles. The molecular weight excluding hydrogens is 758 g/mol. The Labute approximate surface area is 338 Å². The molecule has 2 rings (SSSR count). The quantitative estimate of drug-likeness (QED) is 0.0232. The third kappa shape index (κ3) is 17.2. The number of carboxylic acids is 1. The Morgan fingerprint density at radius 3 is 2.33 bits per heavy atom. The van der Waals surface area contributed by atoms with Crippen LogP contribution in [-0.4, -0.2) is 121 Å². The van der Waals surface area contributed by atoms with Crippen molar-refractivity contribution in [3.05, 3.63) is 42.0 Å². The fourth-order valence-corrected chi connectivity index (χ4v) is 6.26. The zero-order chi connectivity index (χ0) is 43.2. The Bertz CT molecular complexity index is 1550. The van der Waals surface area contributed by atoms with Gasteiger partial charge in [0.15, 0.2) is 0 Å². The minimum Gasteiger partial charge on any atom is -0.507 e. The molecule has 0 unspecified atom stereocenters. The molecule has 5 amide bonds. The summed E-state index contributed by atoms with van der Waals surface area (Å²) in [6.45, 7) is 4.45. The van der Waals surface area contributed by atoms with Crippen molar-refractivity contribution < 1.29 is 64.0 Å². The average Bonchev–Trinajstić information content (AvgIpc) is 3.34. The first kappa shape index (κ1) is 49.1. The number of phenols is 1. The standard InChI is InChI=1S/C40H61N5O13/c1-4-32(26(2)36(51)41-29-19-14-17-25-45(57)39(29)54)58-40(55)30(42-38(53)35(27(3)46)43-37(52)28-18-12-13-21-31(28)47)20-15-16-24-44(56)33(48)22-10-8-6-5-7-9-11-23-34(49)50/h10,12-13,18,21-22,26-27,29-30,32,35,46-47,56-57H,4-9,11,14-17,19-20,23-25H2,1-3H3,(H,41,51)(H,42,53)(H,43,52)(H,49,50)/t26-,27+,29-,30+,32+,35-/m1/s1. The van der Waals surface area contributed by atoms with Crippen LogP contribution in [0.4, 0.5) is 0 Å². The monoisotopic (exact) mass is 819 g/mol. The summed E-state index contributed by atoms with van der Waals surface area (Å²) in [5.41, 5.74) is -0.157. The molecule has 1 aromatic carbocycles. The van der Waals surface area contributed by atoms with E-state index in [1.165, 1.54) is 44.2 Å². The SMILES string of the molecule is CC[C@H](OC(=O)[C@H](CCCCN(O)C(=O)C=CCCCCCCCC(=O)O)NC(=O)[C@H](NC(=O)c1ccccc1O)[C@H](C)O)[C@@H](C)C(=O)N[C@@H]1CCCCN(O)C1=O. The first-order chi connectivity index (χ1) is 27.6. The molecule has 6 atom stereocenters. The van der Waals surface area contributed by atoms with Gasteiger partial charge in [0.25, 0.3) is 17.7 Å². The van der Waals surface area contributed by atoms with Crippen molar-refractivity contribution in [3.63, 3.8) is 0 Å². The number of aromatic hydroxyl groups is 1. The predicted molar refractivity (Wildman–Crippen MR) is 208 cm³/mol. The van der Waals surface area contributed by atoms with Crippen molar-refractivity contribution in [1.82, 2.24) is 26.1 Å². The van der Waals surface area contributed by atoms with Gasteiger partial charge in [0.1, 0.15) is 30.0 Å². The number of carbonyl (C=O) groups excluding carboxylic acids is 6. The van der Waals surface area contributed by atoms with Crippen molar-refractivity contribution in [3.8, 4) is 5.75 Å². The number of esters is 1. The minimum atomic E-state index is -1.58. The van der Waals surface area contributed by atoms with Crippen LogP contribution in [0.15, 0.2) is 36.4 Å². The van der Waals surface area contributed by atoms with E-state index in [2.05, 4.69) is 16.0 Å². The molecule has 1 aromatic rings. The number of unbranched alkanes of at least 4 members (excludes halogenated alkanes) is 6. The van der Waals surface area contributed by atoms with Crippen LogP contribution in [0.3, 0.4) is 0 Å². The normalized spacial score (nSPS) is 17.0. The number of aliphatic hydroxyl groups is 1. The van der Waals surface area contributed by atoms with Crippen molar-refractivity contribution in [2.24, 2.45) is 5.92 Å². The summed E-state index contributed by atoms with van der Waals surface area (Å²) in [6, 6.07) is 1.66. The highest BCUT2D eigenvalue weighted by Crippen LogP contribution is 2.19. The Kier molecular flexibility index (Phi) is 22.0. The molecule has 18 heteroatoms. The van der Waals surface area contributed by atoms with Crippen LogP contribution in [0.2, 0.25) is 0 Å². The average molecular weight is 820 g/mol. The van der Waals surface area contributed by atoms with Gasteiger partial charge >= 0.3 is 11.9 Å². The van der Waals surface area contributed by atoms with E-state index in [9.17, 15) is 54.2 Å². The van der Waals surface area contributed by atoms with Crippen LogP contribution in [-0.2, 0) is 33.5 Å². The Morgan fingerprint density at radius 1 is 0.966 bits per heavy atom. The molecule has 58 heavy (non-hydrogen) atoms. The predicted octanol–water partition coefficient (Wildman–Crippen LogP) is 2.96. The highest BCUT2D eigenvalue weighted by atomic mass is 16.5. The van der Waals surface area contributed by atoms with E-state index in [1.54, 1.807) is 13.0 Å². The van der Waals surface area contributed by atoms with Crippen LogP contribution in [0.25, 0.3) is 0 Å². The maximum atomic E-state index is 13.7. The number of rotatable bonds is 25. The Morgan fingerprint density at radius 2 is 1.66 bits per heavy atom. The lowest BCUT2D eigenvalue weighted by atomic mass is 10.00. The van der Waals surface area contributed by atoms with Crippen LogP contribution in [0.1, 0.15) is 121 Å². The van der Waals surface area contributed by atoms with E-state index in [-0.39, 0.29) is 56.5 Å². The van der Waals surface area contributed by atoms with Crippen molar-refractivity contribution in [2.75, 3.05) is 13.1 Å². The van der Waals surface area contributed by atoms with E-state index < -0.39 is 77.7 Å². The summed E-state index contributed by atoms with van der Waals surface area (Å²) in [7, 11) is 0. The van der Waals surface area contributed by atoms with Gasteiger partial charge in [0.05, 0.1) is 17.6 Å². The number of para-hydroxylation sites is 1. The molecule has 0 bridgehead atoms. The lowest BCUT2D eigenvalue weighted by Gasteiger charge is -2.28. The smallest absolute Gasteiger partial charge is 0.328 e. The molecule has 0 spiro atoms. The highest BCUT2D eigenvalue weighted by Gasteiger charge is 2.35. The van der Waals surface area contributed by atoms with Gasteiger partial charge in [-0.1, -0.05) is 51.3 Å². The molecule has 0 aliphatic carbocycles. The van der Waals surface area contributed by atoms with Gasteiger partial charge < -0.3 is 36.0 Å².